The molecular weight excluding hydrogens is 322 g/mol. The van der Waals surface area contributed by atoms with E-state index in [1.54, 1.807) is 0 Å². The Balaban J connectivity index is 2.05. The Morgan fingerprint density at radius 3 is 1.96 bits per heavy atom. The second-order valence-corrected chi connectivity index (χ2v) is 6.89. The minimum Gasteiger partial charge on any atom is -0.478 e. The maximum Gasteiger partial charge on any atom is 0.206 e. The van der Waals surface area contributed by atoms with Crippen molar-refractivity contribution in [2.75, 3.05) is 6.61 Å². The highest BCUT2D eigenvalue weighted by Gasteiger charge is 2.44. The number of rotatable bonds is 5. The van der Waals surface area contributed by atoms with Gasteiger partial charge in [0.2, 0.25) is 5.90 Å². The Kier molecular flexibility index (Phi) is 4.93. The van der Waals surface area contributed by atoms with Crippen LogP contribution in [0.5, 0.6) is 0 Å². The molecule has 4 heteroatoms. The number of aliphatic hydroxyl groups is 1. The van der Waals surface area contributed by atoms with Crippen molar-refractivity contribution in [3.8, 4) is 0 Å². The zero-order valence-corrected chi connectivity index (χ0v) is 14.6. The maximum absolute atomic E-state index is 11.6. The Morgan fingerprint density at radius 2 is 1.54 bits per heavy atom. The van der Waals surface area contributed by atoms with Gasteiger partial charge in [0.1, 0.15) is 17.6 Å². The minimum atomic E-state index is -1.41. The fourth-order valence-corrected chi connectivity index (χ4v) is 3.28. The van der Waals surface area contributed by atoms with E-state index in [-0.39, 0.29) is 6.04 Å². The zero-order chi connectivity index (χ0) is 17.2. The molecule has 0 aromatic heterocycles. The average molecular weight is 344 g/mol. The molecule has 3 rings (SSSR count). The number of ether oxygens (including phenoxy) is 1. The first-order chi connectivity index (χ1) is 11.5. The highest BCUT2D eigenvalue weighted by Crippen LogP contribution is 2.38. The first-order valence-electron chi connectivity index (χ1n) is 8.21. The van der Waals surface area contributed by atoms with Gasteiger partial charge in [0.15, 0.2) is 0 Å². The summed E-state index contributed by atoms with van der Waals surface area (Å²) >= 11 is 6.73. The van der Waals surface area contributed by atoms with Gasteiger partial charge in [0.05, 0.1) is 6.04 Å². The summed E-state index contributed by atoms with van der Waals surface area (Å²) in [6.45, 7) is 4.71. The Morgan fingerprint density at radius 1 is 1.04 bits per heavy atom. The molecule has 0 amide bonds. The molecule has 0 fully saturated rings. The minimum absolute atomic E-state index is 0.0806. The lowest BCUT2D eigenvalue weighted by Crippen LogP contribution is -2.42. The third-order valence-corrected chi connectivity index (χ3v) is 4.98. The number of hydrogen-bond donors (Lipinski definition) is 1. The number of alkyl halides is 1. The van der Waals surface area contributed by atoms with E-state index >= 15 is 0 Å². The summed E-state index contributed by atoms with van der Waals surface area (Å²) in [7, 11) is 0. The molecule has 3 nitrogen and oxygen atoms in total. The molecule has 0 unspecified atom stereocenters. The smallest absolute Gasteiger partial charge is 0.206 e. The van der Waals surface area contributed by atoms with Crippen molar-refractivity contribution in [3.63, 3.8) is 0 Å². The quantitative estimate of drug-likeness (QED) is 0.834. The molecule has 1 aliphatic heterocycles. The predicted molar refractivity (Wildman–Crippen MR) is 97.5 cm³/mol. The molecule has 1 N–H and O–H groups in total. The van der Waals surface area contributed by atoms with E-state index in [0.717, 1.165) is 11.1 Å². The first kappa shape index (κ1) is 17.0. The Hall–Kier alpha value is -1.84. The van der Waals surface area contributed by atoms with Gasteiger partial charge in [-0.1, -0.05) is 74.5 Å². The van der Waals surface area contributed by atoms with Crippen LogP contribution in [0.15, 0.2) is 65.7 Å². The molecule has 0 aliphatic carbocycles. The van der Waals surface area contributed by atoms with Gasteiger partial charge in [-0.2, -0.15) is 0 Å². The second-order valence-electron chi connectivity index (χ2n) is 6.45. The van der Waals surface area contributed by atoms with Gasteiger partial charge in [0.25, 0.3) is 0 Å². The Bertz CT molecular complexity index is 661. The normalized spacial score (nSPS) is 19.0. The summed E-state index contributed by atoms with van der Waals surface area (Å²) in [6.07, 6.45) is 0. The SMILES string of the molecule is CC(C)[C@H]1COC([C@H](Cl)C(O)(c2ccccc2)c2ccccc2)=N1. The molecule has 2 aromatic rings. The van der Waals surface area contributed by atoms with Gasteiger partial charge < -0.3 is 9.84 Å². The van der Waals surface area contributed by atoms with Crippen LogP contribution in [0.3, 0.4) is 0 Å². The summed E-state index contributed by atoms with van der Waals surface area (Å²) in [5.41, 5.74) is 0.0281. The van der Waals surface area contributed by atoms with Gasteiger partial charge in [-0.15, -0.1) is 11.6 Å². The molecule has 1 heterocycles. The molecule has 0 radical (unpaired) electrons. The van der Waals surface area contributed by atoms with Crippen molar-refractivity contribution in [3.05, 3.63) is 71.8 Å². The molecule has 2 aromatic carbocycles. The third kappa shape index (κ3) is 3.06. The standard InChI is InChI=1S/C20H22ClNO2/c1-14(2)17-13-24-19(22-17)18(21)20(23,15-9-5-3-6-10-15)16-11-7-4-8-12-16/h3-12,14,17-18,23H,13H2,1-2H3/t17-,18+/m1/s1. The molecule has 0 saturated carbocycles. The number of hydrogen-bond acceptors (Lipinski definition) is 3. The number of benzene rings is 2. The van der Waals surface area contributed by atoms with Crippen molar-refractivity contribution >= 4 is 17.5 Å². The molecule has 0 spiro atoms. The molecular formula is C20H22ClNO2. The van der Waals surface area contributed by atoms with Crippen LogP contribution in [0, 0.1) is 5.92 Å². The van der Waals surface area contributed by atoms with E-state index in [9.17, 15) is 5.11 Å². The second kappa shape index (κ2) is 6.96. The van der Waals surface area contributed by atoms with Crippen LogP contribution < -0.4 is 0 Å². The lowest BCUT2D eigenvalue weighted by Gasteiger charge is -2.33. The fourth-order valence-electron chi connectivity index (χ4n) is 2.91. The van der Waals surface area contributed by atoms with Crippen LogP contribution in [0.25, 0.3) is 0 Å². The average Bonchev–Trinajstić information content (AvgIpc) is 3.12. The fraction of sp³-hybridized carbons (Fsp3) is 0.350. The predicted octanol–water partition coefficient (Wildman–Crippen LogP) is 3.98. The molecule has 24 heavy (non-hydrogen) atoms. The van der Waals surface area contributed by atoms with E-state index in [4.69, 9.17) is 16.3 Å². The van der Waals surface area contributed by atoms with Crippen molar-refractivity contribution in [1.29, 1.82) is 0 Å². The molecule has 1 aliphatic rings. The highest BCUT2D eigenvalue weighted by molar-refractivity contribution is 6.32. The highest BCUT2D eigenvalue weighted by atomic mass is 35.5. The topological polar surface area (TPSA) is 41.8 Å². The molecule has 126 valence electrons. The van der Waals surface area contributed by atoms with Crippen LogP contribution >= 0.6 is 11.6 Å². The molecule has 2 atom stereocenters. The van der Waals surface area contributed by atoms with E-state index in [2.05, 4.69) is 18.8 Å². The van der Waals surface area contributed by atoms with Crippen LogP contribution in [-0.2, 0) is 10.3 Å². The van der Waals surface area contributed by atoms with Crippen LogP contribution in [-0.4, -0.2) is 29.0 Å². The Labute approximate surface area is 148 Å². The van der Waals surface area contributed by atoms with Crippen LogP contribution in [0.4, 0.5) is 0 Å². The van der Waals surface area contributed by atoms with Crippen molar-refractivity contribution in [2.45, 2.75) is 30.9 Å². The summed E-state index contributed by atoms with van der Waals surface area (Å²) < 4.78 is 5.74. The summed E-state index contributed by atoms with van der Waals surface area (Å²) in [6, 6.07) is 19.0. The largest absolute Gasteiger partial charge is 0.478 e. The first-order valence-corrected chi connectivity index (χ1v) is 8.65. The van der Waals surface area contributed by atoms with Crippen molar-refractivity contribution < 1.29 is 9.84 Å². The van der Waals surface area contributed by atoms with Crippen LogP contribution in [0.2, 0.25) is 0 Å². The summed E-state index contributed by atoms with van der Waals surface area (Å²) in [5, 5.41) is 10.8. The third-order valence-electron chi connectivity index (χ3n) is 4.48. The molecule has 0 bridgehead atoms. The van der Waals surface area contributed by atoms with Gasteiger partial charge in [-0.05, 0) is 17.0 Å². The number of halogens is 1. The van der Waals surface area contributed by atoms with E-state index < -0.39 is 11.0 Å². The van der Waals surface area contributed by atoms with Gasteiger partial charge >= 0.3 is 0 Å². The van der Waals surface area contributed by atoms with Crippen molar-refractivity contribution in [2.24, 2.45) is 10.9 Å². The maximum atomic E-state index is 11.6. The van der Waals surface area contributed by atoms with Gasteiger partial charge in [-0.3, -0.25) is 0 Å². The lowest BCUT2D eigenvalue weighted by atomic mass is 9.83. The number of nitrogens with zero attached hydrogens (tertiary/aromatic N) is 1. The zero-order valence-electron chi connectivity index (χ0n) is 13.9. The van der Waals surface area contributed by atoms with E-state index in [1.165, 1.54) is 0 Å². The summed E-state index contributed by atoms with van der Waals surface area (Å²) in [4.78, 5) is 4.61. The summed E-state index contributed by atoms with van der Waals surface area (Å²) in [5.74, 6) is 0.776. The van der Waals surface area contributed by atoms with E-state index in [1.807, 2.05) is 60.7 Å². The molecule has 0 saturated heterocycles. The number of aliphatic imine (C=N–C) groups is 1. The lowest BCUT2D eigenvalue weighted by molar-refractivity contribution is 0.0861. The van der Waals surface area contributed by atoms with Crippen molar-refractivity contribution in [1.82, 2.24) is 0 Å². The van der Waals surface area contributed by atoms with Gasteiger partial charge in [0, 0.05) is 0 Å². The van der Waals surface area contributed by atoms with E-state index in [0.29, 0.717) is 18.4 Å². The monoisotopic (exact) mass is 343 g/mol. The van der Waals surface area contributed by atoms with Crippen LogP contribution in [0.1, 0.15) is 25.0 Å². The van der Waals surface area contributed by atoms with Gasteiger partial charge in [-0.25, -0.2) is 4.99 Å².